The van der Waals surface area contributed by atoms with E-state index in [2.05, 4.69) is 14.9 Å². The highest BCUT2D eigenvalue weighted by atomic mass is 32.1. The van der Waals surface area contributed by atoms with Crippen LogP contribution in [0.4, 0.5) is 0 Å². The van der Waals surface area contributed by atoms with Gasteiger partial charge in [0.2, 0.25) is 0 Å². The summed E-state index contributed by atoms with van der Waals surface area (Å²) in [6.45, 7) is 0.633. The largest absolute Gasteiger partial charge is 0.388 e. The Morgan fingerprint density at radius 1 is 1.25 bits per heavy atom. The minimum absolute atomic E-state index is 0.0473. The number of aromatic nitrogens is 3. The lowest BCUT2D eigenvalue weighted by Gasteiger charge is -2.05. The first-order valence-corrected chi connectivity index (χ1v) is 7.72. The van der Waals surface area contributed by atoms with Crippen LogP contribution in [-0.2, 0) is 13.2 Å². The van der Waals surface area contributed by atoms with E-state index in [0.29, 0.717) is 18.3 Å². The van der Waals surface area contributed by atoms with Crippen LogP contribution in [-0.4, -0.2) is 19.6 Å². The predicted octanol–water partition coefficient (Wildman–Crippen LogP) is 2.91. The van der Waals surface area contributed by atoms with Gasteiger partial charge in [-0.15, -0.1) is 11.3 Å². The fourth-order valence-electron chi connectivity index (χ4n) is 2.50. The fraction of sp³-hybridized carbons (Fsp3) is 0.333. The molecule has 0 aliphatic heterocycles. The van der Waals surface area contributed by atoms with Crippen LogP contribution in [0.1, 0.15) is 35.3 Å². The number of aliphatic hydroxyl groups excluding tert-OH is 1. The molecule has 0 unspecified atom stereocenters. The summed E-state index contributed by atoms with van der Waals surface area (Å²) in [5.74, 6) is 1.40. The van der Waals surface area contributed by atoms with Gasteiger partial charge >= 0.3 is 0 Å². The van der Waals surface area contributed by atoms with E-state index in [9.17, 15) is 5.11 Å². The van der Waals surface area contributed by atoms with Crippen molar-refractivity contribution in [3.8, 4) is 0 Å². The molecule has 3 aromatic rings. The van der Waals surface area contributed by atoms with Gasteiger partial charge in [-0.05, 0) is 25.0 Å². The number of hydrogen-bond acceptors (Lipinski definition) is 4. The number of benzene rings is 1. The highest BCUT2D eigenvalue weighted by Crippen LogP contribution is 2.41. The second-order valence-corrected chi connectivity index (χ2v) is 6.10. The Morgan fingerprint density at radius 2 is 2.10 bits per heavy atom. The lowest BCUT2D eigenvalue weighted by Crippen LogP contribution is -2.05. The van der Waals surface area contributed by atoms with Crippen molar-refractivity contribution in [3.05, 3.63) is 46.2 Å². The Kier molecular flexibility index (Phi) is 2.82. The SMILES string of the molecule is OCc1nc2ccccc2n1Cc1csc(C2CC2)n1. The van der Waals surface area contributed by atoms with Gasteiger partial charge < -0.3 is 9.67 Å². The van der Waals surface area contributed by atoms with E-state index in [1.165, 1.54) is 17.8 Å². The van der Waals surface area contributed by atoms with Gasteiger partial charge in [-0.1, -0.05) is 12.1 Å². The molecule has 4 nitrogen and oxygen atoms in total. The molecule has 4 rings (SSSR count). The number of fused-ring (bicyclic) bond motifs is 1. The third kappa shape index (κ3) is 2.03. The molecule has 0 atom stereocenters. The van der Waals surface area contributed by atoms with Crippen molar-refractivity contribution < 1.29 is 5.11 Å². The average molecular weight is 285 g/mol. The van der Waals surface area contributed by atoms with Crippen LogP contribution in [0.25, 0.3) is 11.0 Å². The zero-order valence-electron chi connectivity index (χ0n) is 11.0. The summed E-state index contributed by atoms with van der Waals surface area (Å²) in [5.41, 5.74) is 3.04. The van der Waals surface area contributed by atoms with E-state index in [1.807, 2.05) is 24.3 Å². The summed E-state index contributed by atoms with van der Waals surface area (Å²) >= 11 is 1.75. The third-order valence-corrected chi connectivity index (χ3v) is 4.75. The van der Waals surface area contributed by atoms with Crippen molar-refractivity contribution in [2.24, 2.45) is 0 Å². The molecule has 102 valence electrons. The van der Waals surface area contributed by atoms with Crippen LogP contribution in [0.15, 0.2) is 29.6 Å². The fourth-order valence-corrected chi connectivity index (χ4v) is 3.48. The molecule has 1 N–H and O–H groups in total. The standard InChI is InChI=1S/C15H15N3OS/c19-8-14-17-12-3-1-2-4-13(12)18(14)7-11-9-20-15(16-11)10-5-6-10/h1-4,9-10,19H,5-8H2. The molecule has 0 radical (unpaired) electrons. The molecule has 1 aliphatic carbocycles. The first-order valence-electron chi connectivity index (χ1n) is 6.84. The maximum Gasteiger partial charge on any atom is 0.136 e. The summed E-state index contributed by atoms with van der Waals surface area (Å²) in [7, 11) is 0. The molecule has 20 heavy (non-hydrogen) atoms. The predicted molar refractivity (Wildman–Crippen MR) is 78.8 cm³/mol. The number of hydrogen-bond donors (Lipinski definition) is 1. The Morgan fingerprint density at radius 3 is 2.90 bits per heavy atom. The van der Waals surface area contributed by atoms with E-state index in [4.69, 9.17) is 4.98 Å². The lowest BCUT2D eigenvalue weighted by molar-refractivity contribution is 0.267. The van der Waals surface area contributed by atoms with Crippen molar-refractivity contribution in [3.63, 3.8) is 0 Å². The summed E-state index contributed by atoms with van der Waals surface area (Å²) in [4.78, 5) is 9.19. The second-order valence-electron chi connectivity index (χ2n) is 5.21. The van der Waals surface area contributed by atoms with Crippen molar-refractivity contribution in [2.45, 2.75) is 31.9 Å². The number of imidazole rings is 1. The van der Waals surface area contributed by atoms with E-state index < -0.39 is 0 Å². The van der Waals surface area contributed by atoms with Gasteiger partial charge in [0.1, 0.15) is 12.4 Å². The van der Waals surface area contributed by atoms with Crippen LogP contribution in [0.3, 0.4) is 0 Å². The molecule has 1 aromatic carbocycles. The summed E-state index contributed by atoms with van der Waals surface area (Å²) in [6, 6.07) is 7.98. The maximum atomic E-state index is 9.50. The Hall–Kier alpha value is -1.72. The van der Waals surface area contributed by atoms with Crippen LogP contribution in [0.5, 0.6) is 0 Å². The van der Waals surface area contributed by atoms with E-state index >= 15 is 0 Å². The number of aliphatic hydroxyl groups is 1. The normalized spacial score (nSPS) is 15.1. The summed E-state index contributed by atoms with van der Waals surface area (Å²) in [5, 5.41) is 12.9. The molecular weight excluding hydrogens is 270 g/mol. The van der Waals surface area contributed by atoms with Crippen molar-refractivity contribution >= 4 is 22.4 Å². The van der Waals surface area contributed by atoms with Gasteiger partial charge in [-0.3, -0.25) is 0 Å². The maximum absolute atomic E-state index is 9.50. The first-order chi connectivity index (χ1) is 9.85. The molecule has 5 heteroatoms. The molecule has 2 aromatic heterocycles. The zero-order valence-corrected chi connectivity index (χ0v) is 11.8. The smallest absolute Gasteiger partial charge is 0.136 e. The zero-order chi connectivity index (χ0) is 13.5. The Balaban J connectivity index is 1.72. The lowest BCUT2D eigenvalue weighted by atomic mass is 10.3. The Bertz CT molecular complexity index is 757. The number of rotatable bonds is 4. The van der Waals surface area contributed by atoms with Gasteiger partial charge in [-0.25, -0.2) is 9.97 Å². The molecule has 0 amide bonds. The van der Waals surface area contributed by atoms with Crippen molar-refractivity contribution in [1.82, 2.24) is 14.5 Å². The molecular formula is C15H15N3OS. The Labute approximate surface area is 120 Å². The number of para-hydroxylation sites is 2. The highest BCUT2D eigenvalue weighted by molar-refractivity contribution is 7.09. The first kappa shape index (κ1) is 12.1. The van der Waals surface area contributed by atoms with Crippen molar-refractivity contribution in [2.75, 3.05) is 0 Å². The monoisotopic (exact) mass is 285 g/mol. The summed E-state index contributed by atoms with van der Waals surface area (Å²) in [6.07, 6.45) is 2.56. The van der Waals surface area contributed by atoms with Crippen LogP contribution in [0.2, 0.25) is 0 Å². The minimum Gasteiger partial charge on any atom is -0.388 e. The molecule has 2 heterocycles. The van der Waals surface area contributed by atoms with Crippen LogP contribution < -0.4 is 0 Å². The third-order valence-electron chi connectivity index (χ3n) is 3.69. The van der Waals surface area contributed by atoms with Gasteiger partial charge in [0.05, 0.1) is 28.3 Å². The van der Waals surface area contributed by atoms with E-state index in [0.717, 1.165) is 16.7 Å². The summed E-state index contributed by atoms with van der Waals surface area (Å²) < 4.78 is 2.06. The highest BCUT2D eigenvalue weighted by Gasteiger charge is 2.26. The van der Waals surface area contributed by atoms with E-state index in [1.54, 1.807) is 11.3 Å². The van der Waals surface area contributed by atoms with Crippen molar-refractivity contribution in [1.29, 1.82) is 0 Å². The second kappa shape index (κ2) is 4.68. The molecule has 0 bridgehead atoms. The average Bonchev–Trinajstić information content (AvgIpc) is 3.13. The molecule has 0 spiro atoms. The molecule has 0 saturated heterocycles. The quantitative estimate of drug-likeness (QED) is 0.802. The molecule has 1 fully saturated rings. The molecule has 1 saturated carbocycles. The number of thiazole rings is 1. The van der Waals surface area contributed by atoms with Crippen LogP contribution >= 0.6 is 11.3 Å². The molecule has 1 aliphatic rings. The van der Waals surface area contributed by atoms with Gasteiger partial charge in [0.25, 0.3) is 0 Å². The topological polar surface area (TPSA) is 50.9 Å². The number of nitrogens with zero attached hydrogens (tertiary/aromatic N) is 3. The van der Waals surface area contributed by atoms with Gasteiger partial charge in [0, 0.05) is 11.3 Å². The minimum atomic E-state index is -0.0473. The van der Waals surface area contributed by atoms with E-state index in [-0.39, 0.29) is 6.61 Å². The van der Waals surface area contributed by atoms with Gasteiger partial charge in [0.15, 0.2) is 0 Å². The van der Waals surface area contributed by atoms with Crippen LogP contribution in [0, 0.1) is 0 Å². The van der Waals surface area contributed by atoms with Gasteiger partial charge in [-0.2, -0.15) is 0 Å².